The lowest BCUT2D eigenvalue weighted by molar-refractivity contribution is 0.0455. The number of para-hydroxylation sites is 1. The number of ether oxygens (including phenoxy) is 1. The van der Waals surface area contributed by atoms with Crippen molar-refractivity contribution in [2.75, 3.05) is 0 Å². The molecule has 7 nitrogen and oxygen atoms in total. The van der Waals surface area contributed by atoms with Gasteiger partial charge in [0.2, 0.25) is 0 Å². The van der Waals surface area contributed by atoms with Crippen LogP contribution in [0.2, 0.25) is 0 Å². The molecule has 0 unspecified atom stereocenters. The quantitative estimate of drug-likeness (QED) is 0.682. The van der Waals surface area contributed by atoms with Crippen LogP contribution >= 0.6 is 0 Å². The number of nitrogens with zero attached hydrogens (tertiary/aromatic N) is 3. The van der Waals surface area contributed by atoms with Gasteiger partial charge in [-0.15, -0.1) is 0 Å². The van der Waals surface area contributed by atoms with Crippen molar-refractivity contribution in [2.45, 2.75) is 20.1 Å². The molecule has 0 saturated carbocycles. The highest BCUT2D eigenvalue weighted by atomic mass is 16.5. The summed E-state index contributed by atoms with van der Waals surface area (Å²) >= 11 is 0. The van der Waals surface area contributed by atoms with E-state index in [1.54, 1.807) is 31.2 Å². The molecule has 0 aliphatic rings. The average Bonchev–Trinajstić information content (AvgIpc) is 3.02. The first-order chi connectivity index (χ1) is 11.6. The maximum Gasteiger partial charge on any atom is 0.342 e. The fourth-order valence-corrected chi connectivity index (χ4v) is 2.36. The molecule has 0 bridgehead atoms. The molecule has 0 atom stereocenters. The molecule has 2 heterocycles. The molecular weight excluding hydrogens is 310 g/mol. The normalized spacial score (nSPS) is 10.5. The topological polar surface area (TPSA) is 98.1 Å². The summed E-state index contributed by atoms with van der Waals surface area (Å²) in [6.07, 6.45) is 1.39. The number of carbonyl (C=O) groups is 1. The van der Waals surface area contributed by atoms with Crippen LogP contribution < -0.4 is 5.56 Å². The number of rotatable bonds is 4. The first-order valence-corrected chi connectivity index (χ1v) is 7.18. The van der Waals surface area contributed by atoms with E-state index in [-0.39, 0.29) is 24.5 Å². The van der Waals surface area contributed by atoms with Crippen LogP contribution in [0.4, 0.5) is 0 Å². The number of aromatic nitrogens is 2. The molecule has 0 fully saturated rings. The van der Waals surface area contributed by atoms with Crippen LogP contribution in [0.25, 0.3) is 10.9 Å². The van der Waals surface area contributed by atoms with Gasteiger partial charge >= 0.3 is 5.97 Å². The van der Waals surface area contributed by atoms with Crippen LogP contribution in [-0.2, 0) is 17.9 Å². The zero-order valence-electron chi connectivity index (χ0n) is 12.9. The second-order valence-corrected chi connectivity index (χ2v) is 5.06. The minimum atomic E-state index is -0.577. The molecule has 0 spiro atoms. The van der Waals surface area contributed by atoms with E-state index in [0.717, 1.165) is 0 Å². The highest BCUT2D eigenvalue weighted by molar-refractivity contribution is 5.90. The van der Waals surface area contributed by atoms with Crippen molar-refractivity contribution in [3.05, 3.63) is 64.1 Å². The Morgan fingerprint density at radius 2 is 2.17 bits per heavy atom. The molecule has 0 aliphatic carbocycles. The summed E-state index contributed by atoms with van der Waals surface area (Å²) < 4.78 is 11.5. The Balaban J connectivity index is 1.95. The molecule has 0 N–H and O–H groups in total. The number of hydrogen-bond donors (Lipinski definition) is 0. The molecule has 1 aromatic carbocycles. The first-order valence-electron chi connectivity index (χ1n) is 7.18. The number of aryl methyl sites for hydroxylation is 1. The lowest BCUT2D eigenvalue weighted by Crippen LogP contribution is -2.26. The number of fused-ring (bicyclic) bond motifs is 1. The molecule has 3 rings (SSSR count). The van der Waals surface area contributed by atoms with Crippen LogP contribution in [0.1, 0.15) is 21.9 Å². The minimum absolute atomic E-state index is 0.172. The number of hydrogen-bond acceptors (Lipinski definition) is 6. The van der Waals surface area contributed by atoms with Crippen molar-refractivity contribution in [2.24, 2.45) is 0 Å². The highest BCUT2D eigenvalue weighted by Crippen LogP contribution is 2.13. The van der Waals surface area contributed by atoms with Crippen molar-refractivity contribution < 1.29 is 13.9 Å². The SMILES string of the molecule is Cc1occc1C(=O)OCc1nc2ccccc2c(=O)n1CC#N. The lowest BCUT2D eigenvalue weighted by atomic mass is 10.2. The number of furan rings is 1. The largest absolute Gasteiger partial charge is 0.469 e. The van der Waals surface area contributed by atoms with E-state index in [2.05, 4.69) is 4.98 Å². The summed E-state index contributed by atoms with van der Waals surface area (Å²) in [7, 11) is 0. The van der Waals surface area contributed by atoms with E-state index in [9.17, 15) is 9.59 Å². The van der Waals surface area contributed by atoms with Crippen molar-refractivity contribution in [1.29, 1.82) is 5.26 Å². The second-order valence-electron chi connectivity index (χ2n) is 5.06. The predicted octanol–water partition coefficient (Wildman–Crippen LogP) is 2.18. The van der Waals surface area contributed by atoms with Crippen LogP contribution in [0.15, 0.2) is 45.8 Å². The van der Waals surface area contributed by atoms with Crippen molar-refractivity contribution in [3.63, 3.8) is 0 Å². The standard InChI is InChI=1S/C17H13N3O4/c1-11-12(6-9-23-11)17(22)24-10-15-19-14-5-3-2-4-13(14)16(21)20(15)8-7-18/h2-6,9H,8,10H2,1H3. The molecule has 0 radical (unpaired) electrons. The van der Waals surface area contributed by atoms with Crippen LogP contribution in [-0.4, -0.2) is 15.5 Å². The van der Waals surface area contributed by atoms with Gasteiger partial charge in [-0.2, -0.15) is 5.26 Å². The van der Waals surface area contributed by atoms with Gasteiger partial charge in [0.05, 0.1) is 23.2 Å². The zero-order chi connectivity index (χ0) is 17.1. The Kier molecular flexibility index (Phi) is 4.12. The Morgan fingerprint density at radius 3 is 2.88 bits per heavy atom. The van der Waals surface area contributed by atoms with Gasteiger partial charge < -0.3 is 9.15 Å². The van der Waals surface area contributed by atoms with E-state index in [4.69, 9.17) is 14.4 Å². The zero-order valence-corrected chi connectivity index (χ0v) is 12.9. The third-order valence-corrected chi connectivity index (χ3v) is 3.58. The summed E-state index contributed by atoms with van der Waals surface area (Å²) in [6.45, 7) is 1.26. The Bertz CT molecular complexity index is 1010. The van der Waals surface area contributed by atoms with Crippen LogP contribution in [0.5, 0.6) is 0 Å². The van der Waals surface area contributed by atoms with Gasteiger partial charge in [-0.1, -0.05) is 12.1 Å². The molecule has 0 saturated heterocycles. The molecule has 0 aliphatic heterocycles. The monoisotopic (exact) mass is 323 g/mol. The maximum atomic E-state index is 12.5. The summed E-state index contributed by atoms with van der Waals surface area (Å²) in [4.78, 5) is 28.9. The summed E-state index contributed by atoms with van der Waals surface area (Å²) in [5, 5.41) is 9.36. The lowest BCUT2D eigenvalue weighted by Gasteiger charge is -2.11. The number of esters is 1. The van der Waals surface area contributed by atoms with E-state index >= 15 is 0 Å². The summed E-state index contributed by atoms with van der Waals surface area (Å²) in [6, 6.07) is 10.2. The fraction of sp³-hybridized carbons (Fsp3) is 0.176. The third kappa shape index (κ3) is 2.77. The molecule has 0 amide bonds. The van der Waals surface area contributed by atoms with Gasteiger partial charge in [-0.05, 0) is 25.1 Å². The van der Waals surface area contributed by atoms with E-state index < -0.39 is 5.97 Å². The van der Waals surface area contributed by atoms with Gasteiger partial charge in [0.25, 0.3) is 5.56 Å². The maximum absolute atomic E-state index is 12.5. The molecule has 7 heteroatoms. The third-order valence-electron chi connectivity index (χ3n) is 3.58. The van der Waals surface area contributed by atoms with Gasteiger partial charge in [0, 0.05) is 0 Å². The highest BCUT2D eigenvalue weighted by Gasteiger charge is 2.16. The Hall–Kier alpha value is -3.40. The van der Waals surface area contributed by atoms with E-state index in [1.807, 2.05) is 6.07 Å². The number of carbonyl (C=O) groups excluding carboxylic acids is 1. The smallest absolute Gasteiger partial charge is 0.342 e. The van der Waals surface area contributed by atoms with Crippen molar-refractivity contribution in [1.82, 2.24) is 9.55 Å². The average molecular weight is 323 g/mol. The van der Waals surface area contributed by atoms with Crippen molar-refractivity contribution >= 4 is 16.9 Å². The van der Waals surface area contributed by atoms with E-state index in [0.29, 0.717) is 22.2 Å². The predicted molar refractivity (Wildman–Crippen MR) is 84.2 cm³/mol. The van der Waals surface area contributed by atoms with E-state index in [1.165, 1.54) is 16.9 Å². The van der Waals surface area contributed by atoms with Gasteiger partial charge in [0.15, 0.2) is 5.82 Å². The molecule has 2 aromatic heterocycles. The van der Waals surface area contributed by atoms with Crippen LogP contribution in [0, 0.1) is 18.3 Å². The Morgan fingerprint density at radius 1 is 1.38 bits per heavy atom. The van der Waals surface area contributed by atoms with Crippen molar-refractivity contribution in [3.8, 4) is 6.07 Å². The molecule has 120 valence electrons. The van der Waals surface area contributed by atoms with Gasteiger partial charge in [0.1, 0.15) is 24.5 Å². The first kappa shape index (κ1) is 15.5. The number of nitriles is 1. The Labute approximate surface area is 136 Å². The summed E-state index contributed by atoms with van der Waals surface area (Å²) in [5.74, 6) is 0.0859. The number of benzene rings is 1. The van der Waals surface area contributed by atoms with Gasteiger partial charge in [-0.25, -0.2) is 9.78 Å². The molecule has 3 aromatic rings. The van der Waals surface area contributed by atoms with Crippen LogP contribution in [0.3, 0.4) is 0 Å². The molecular formula is C17H13N3O4. The fourth-order valence-electron chi connectivity index (χ4n) is 2.36. The van der Waals surface area contributed by atoms with Gasteiger partial charge in [-0.3, -0.25) is 9.36 Å². The molecule has 24 heavy (non-hydrogen) atoms. The second kappa shape index (κ2) is 6.38. The minimum Gasteiger partial charge on any atom is -0.469 e. The summed E-state index contributed by atoms with van der Waals surface area (Å²) in [5.41, 5.74) is 0.458.